The molecule has 0 aromatic rings. The van der Waals surface area contributed by atoms with Crippen molar-refractivity contribution < 1.29 is 0 Å². The van der Waals surface area contributed by atoms with E-state index in [1.165, 1.54) is 44.6 Å². The molecule has 1 atom stereocenters. The van der Waals surface area contributed by atoms with Crippen molar-refractivity contribution >= 4 is 8.07 Å². The summed E-state index contributed by atoms with van der Waals surface area (Å²) in [6.07, 6.45) is 8.50. The highest BCUT2D eigenvalue weighted by atomic mass is 28.3. The lowest BCUT2D eigenvalue weighted by atomic mass is 10.0. The highest BCUT2D eigenvalue weighted by Crippen LogP contribution is 2.18. The van der Waals surface area contributed by atoms with Crippen molar-refractivity contribution in [2.75, 3.05) is 0 Å². The van der Waals surface area contributed by atoms with Gasteiger partial charge in [0.05, 0.1) is 8.07 Å². The zero-order chi connectivity index (χ0) is 11.7. The van der Waals surface area contributed by atoms with Gasteiger partial charge in [-0.2, -0.15) is 0 Å². The molecule has 0 aliphatic carbocycles. The Bertz CT molecular complexity index is 161. The fourth-order valence-corrected chi connectivity index (χ4v) is 3.10. The third kappa shape index (κ3) is 8.92. The largest absolute Gasteiger partial charge is 0.107 e. The zero-order valence-corrected chi connectivity index (χ0v) is 12.3. The maximum atomic E-state index is 3.94. The first-order valence-electron chi connectivity index (χ1n) is 6.65. The van der Waals surface area contributed by atoms with Crippen molar-refractivity contribution in [3.63, 3.8) is 0 Å². The number of unbranched alkanes of at least 4 members (excludes halogenated alkanes) is 3. The third-order valence-corrected chi connectivity index (χ3v) is 6.26. The van der Waals surface area contributed by atoms with Crippen LogP contribution in [0.2, 0.25) is 19.1 Å². The highest BCUT2D eigenvalue weighted by molar-refractivity contribution is 6.82. The summed E-state index contributed by atoms with van der Waals surface area (Å²) in [4.78, 5) is 0. The zero-order valence-electron chi connectivity index (χ0n) is 11.3. The summed E-state index contributed by atoms with van der Waals surface area (Å²) >= 11 is 0. The Balaban J connectivity index is 3.29. The number of hydrogen-bond donors (Lipinski definition) is 0. The van der Waals surface area contributed by atoms with Gasteiger partial charge in [0.15, 0.2) is 0 Å². The third-order valence-electron chi connectivity index (χ3n) is 3.52. The molecule has 0 aromatic heterocycles. The van der Waals surface area contributed by atoms with Crippen molar-refractivity contribution in [3.8, 4) is 0 Å². The molecule has 1 heteroatoms. The highest BCUT2D eigenvalue weighted by Gasteiger charge is 2.14. The summed E-state index contributed by atoms with van der Waals surface area (Å²) < 4.78 is 0. The van der Waals surface area contributed by atoms with E-state index in [9.17, 15) is 0 Å². The van der Waals surface area contributed by atoms with Gasteiger partial charge >= 0.3 is 0 Å². The topological polar surface area (TPSA) is 0 Å². The van der Waals surface area contributed by atoms with Gasteiger partial charge in [-0.25, -0.2) is 0 Å². The molecule has 0 saturated carbocycles. The summed E-state index contributed by atoms with van der Waals surface area (Å²) in [6, 6.07) is 1.43. The Labute approximate surface area is 98.2 Å². The average molecular weight is 226 g/mol. The van der Waals surface area contributed by atoms with Gasteiger partial charge < -0.3 is 0 Å². The van der Waals surface area contributed by atoms with Crippen LogP contribution in [0.4, 0.5) is 0 Å². The molecular weight excluding hydrogens is 196 g/mol. The van der Waals surface area contributed by atoms with Crippen LogP contribution in [0, 0.1) is 5.92 Å². The van der Waals surface area contributed by atoms with E-state index >= 15 is 0 Å². The molecule has 0 spiro atoms. The molecule has 0 N–H and O–H groups in total. The average Bonchev–Trinajstić information content (AvgIpc) is 2.22. The molecule has 1 unspecified atom stereocenters. The lowest BCUT2D eigenvalue weighted by molar-refractivity contribution is 0.477. The van der Waals surface area contributed by atoms with E-state index in [0.717, 1.165) is 5.92 Å². The van der Waals surface area contributed by atoms with E-state index in [-0.39, 0.29) is 0 Å². The summed E-state index contributed by atoms with van der Waals surface area (Å²) in [5.41, 5.74) is 2.23. The first kappa shape index (κ1) is 15.0. The molecule has 0 fully saturated rings. The lowest BCUT2D eigenvalue weighted by Gasteiger charge is -2.16. The molecule has 0 radical (unpaired) electrons. The van der Waals surface area contributed by atoms with Crippen LogP contribution in [0.1, 0.15) is 52.4 Å². The second-order valence-electron chi connectivity index (χ2n) is 5.66. The van der Waals surface area contributed by atoms with E-state index in [1.807, 2.05) is 0 Å². The van der Waals surface area contributed by atoms with Gasteiger partial charge in [-0.1, -0.05) is 71.5 Å². The van der Waals surface area contributed by atoms with Crippen molar-refractivity contribution in [3.05, 3.63) is 12.3 Å². The Morgan fingerprint density at radius 2 is 1.73 bits per heavy atom. The second kappa shape index (κ2) is 8.15. The number of rotatable bonds is 9. The summed E-state index contributed by atoms with van der Waals surface area (Å²) in [5.74, 6) is 0.934. The molecule has 0 aliphatic rings. The van der Waals surface area contributed by atoms with Crippen LogP contribution in [0.15, 0.2) is 12.3 Å². The van der Waals surface area contributed by atoms with Crippen LogP contribution in [-0.4, -0.2) is 8.07 Å². The normalized spacial score (nSPS) is 13.9. The van der Waals surface area contributed by atoms with E-state index in [4.69, 9.17) is 0 Å². The smallest absolute Gasteiger partial charge is 0.0709 e. The summed E-state index contributed by atoms with van der Waals surface area (Å²) in [5, 5.41) is 0. The number of hydrogen-bond acceptors (Lipinski definition) is 0. The Morgan fingerprint density at radius 1 is 1.13 bits per heavy atom. The summed E-state index contributed by atoms with van der Waals surface area (Å²) in [6.45, 7) is 13.4. The van der Waals surface area contributed by atoms with Gasteiger partial charge in [0.2, 0.25) is 0 Å². The van der Waals surface area contributed by atoms with Crippen molar-refractivity contribution in [2.45, 2.75) is 71.5 Å². The SMILES string of the molecule is C=C[Si](C)(C)CCCCCCC(C)CC. The monoisotopic (exact) mass is 226 g/mol. The predicted octanol–water partition coefficient (Wildman–Crippen LogP) is 5.42. The van der Waals surface area contributed by atoms with Crippen LogP contribution in [0.25, 0.3) is 0 Å². The molecule has 0 aliphatic heterocycles. The molecular formula is C14H30Si. The molecule has 0 saturated heterocycles. The lowest BCUT2D eigenvalue weighted by Crippen LogP contribution is -2.21. The minimum absolute atomic E-state index is 0.934. The van der Waals surface area contributed by atoms with Gasteiger partial charge in [-0.3, -0.25) is 0 Å². The van der Waals surface area contributed by atoms with E-state index in [2.05, 4.69) is 39.2 Å². The van der Waals surface area contributed by atoms with Crippen LogP contribution >= 0.6 is 0 Å². The Hall–Kier alpha value is -0.0431. The first-order valence-corrected chi connectivity index (χ1v) is 9.94. The quantitative estimate of drug-likeness (QED) is 0.364. The van der Waals surface area contributed by atoms with Crippen molar-refractivity contribution in [1.29, 1.82) is 0 Å². The summed E-state index contributed by atoms with van der Waals surface area (Å²) in [7, 11) is -1.00. The minimum Gasteiger partial charge on any atom is -0.107 e. The predicted molar refractivity (Wildman–Crippen MR) is 75.0 cm³/mol. The maximum Gasteiger partial charge on any atom is 0.0709 e. The van der Waals surface area contributed by atoms with Crippen LogP contribution in [0.5, 0.6) is 0 Å². The van der Waals surface area contributed by atoms with Gasteiger partial charge in [0, 0.05) is 0 Å². The van der Waals surface area contributed by atoms with Crippen LogP contribution in [-0.2, 0) is 0 Å². The molecule has 0 amide bonds. The molecule has 15 heavy (non-hydrogen) atoms. The second-order valence-corrected chi connectivity index (χ2v) is 10.5. The van der Waals surface area contributed by atoms with Crippen LogP contribution < -0.4 is 0 Å². The van der Waals surface area contributed by atoms with Crippen LogP contribution in [0.3, 0.4) is 0 Å². The standard InChI is InChI=1S/C14H30Si/c1-6-14(3)12-10-8-9-11-13-15(4,5)7-2/h7,14H,2,6,8-13H2,1,3-5H3. The van der Waals surface area contributed by atoms with Gasteiger partial charge in [0.1, 0.15) is 0 Å². The molecule has 0 nitrogen and oxygen atoms in total. The van der Waals surface area contributed by atoms with E-state index in [0.29, 0.717) is 0 Å². The molecule has 0 bridgehead atoms. The van der Waals surface area contributed by atoms with Gasteiger partial charge in [-0.15, -0.1) is 12.3 Å². The minimum atomic E-state index is -1.00. The van der Waals surface area contributed by atoms with Crippen molar-refractivity contribution in [2.24, 2.45) is 5.92 Å². The van der Waals surface area contributed by atoms with Gasteiger partial charge in [0.25, 0.3) is 0 Å². The molecule has 90 valence electrons. The molecule has 0 heterocycles. The Kier molecular flexibility index (Phi) is 8.13. The van der Waals surface area contributed by atoms with Gasteiger partial charge in [-0.05, 0) is 5.92 Å². The van der Waals surface area contributed by atoms with E-state index in [1.54, 1.807) is 0 Å². The first-order chi connectivity index (χ1) is 7.02. The fourth-order valence-electron chi connectivity index (χ4n) is 1.73. The maximum absolute atomic E-state index is 3.94. The fraction of sp³-hybridized carbons (Fsp3) is 0.857. The molecule has 0 aromatic carbocycles. The van der Waals surface area contributed by atoms with Crippen molar-refractivity contribution in [1.82, 2.24) is 0 Å². The molecule has 0 rings (SSSR count). The Morgan fingerprint density at radius 3 is 2.27 bits per heavy atom. The van der Waals surface area contributed by atoms with E-state index < -0.39 is 8.07 Å².